The van der Waals surface area contributed by atoms with Crippen molar-refractivity contribution in [3.8, 4) is 17.2 Å². The summed E-state index contributed by atoms with van der Waals surface area (Å²) in [5.41, 5.74) is 2.23. The summed E-state index contributed by atoms with van der Waals surface area (Å²) >= 11 is 0. The van der Waals surface area contributed by atoms with Crippen molar-refractivity contribution in [3.63, 3.8) is 0 Å². The van der Waals surface area contributed by atoms with Crippen LogP contribution in [0.4, 0.5) is 5.69 Å². The van der Waals surface area contributed by atoms with E-state index in [1.54, 1.807) is 42.5 Å². The average molecular weight is 489 g/mol. The average Bonchev–Trinajstić information content (AvgIpc) is 3.30. The van der Waals surface area contributed by atoms with Crippen LogP contribution in [0.5, 0.6) is 5.75 Å². The number of nitrogens with one attached hydrogen (secondary N) is 1. The third-order valence-electron chi connectivity index (χ3n) is 5.31. The van der Waals surface area contributed by atoms with Crippen LogP contribution in [-0.4, -0.2) is 33.4 Å². The zero-order valence-electron chi connectivity index (χ0n) is 19.6. The van der Waals surface area contributed by atoms with Crippen LogP contribution >= 0.6 is 0 Å². The van der Waals surface area contributed by atoms with Crippen molar-refractivity contribution >= 4 is 28.7 Å². The number of hydrogen-bond donors (Lipinski definition) is 2. The van der Waals surface area contributed by atoms with E-state index < -0.39 is 22.3 Å². The number of para-hydroxylation sites is 1. The molecular formula is C26H23N3O7. The topological polar surface area (TPSA) is 145 Å². The largest absolute Gasteiger partial charge is 0.502 e. The van der Waals surface area contributed by atoms with E-state index >= 15 is 0 Å². The van der Waals surface area contributed by atoms with Gasteiger partial charge in [0.25, 0.3) is 5.91 Å². The SMILES string of the molecule is CC(C)CNC(=O)c1cccc2nc(-c3ccc(COC(=O)c4ccc([N+](=O)[O-])c(O)c4)cc3)oc12. The maximum Gasteiger partial charge on any atom is 0.338 e. The summed E-state index contributed by atoms with van der Waals surface area (Å²) in [5.74, 6) is -0.906. The molecule has 1 aromatic heterocycles. The second kappa shape index (κ2) is 10.3. The molecule has 1 amide bonds. The minimum Gasteiger partial charge on any atom is -0.502 e. The summed E-state index contributed by atoms with van der Waals surface area (Å²) in [7, 11) is 0. The monoisotopic (exact) mass is 489 g/mol. The molecule has 0 aliphatic heterocycles. The number of fused-ring (bicyclic) bond motifs is 1. The van der Waals surface area contributed by atoms with Crippen LogP contribution < -0.4 is 5.32 Å². The van der Waals surface area contributed by atoms with Gasteiger partial charge in [-0.25, -0.2) is 9.78 Å². The Hall–Kier alpha value is -4.73. The molecule has 0 atom stereocenters. The van der Waals surface area contributed by atoms with Crippen molar-refractivity contribution < 1.29 is 28.8 Å². The number of phenols is 1. The molecular weight excluding hydrogens is 466 g/mol. The maximum atomic E-state index is 12.6. The molecule has 0 spiro atoms. The van der Waals surface area contributed by atoms with Gasteiger partial charge < -0.3 is 19.6 Å². The minimum atomic E-state index is -0.745. The summed E-state index contributed by atoms with van der Waals surface area (Å²) in [6.07, 6.45) is 0. The third-order valence-corrected chi connectivity index (χ3v) is 5.31. The summed E-state index contributed by atoms with van der Waals surface area (Å²) in [6.45, 7) is 4.52. The van der Waals surface area contributed by atoms with Gasteiger partial charge in [0, 0.05) is 24.2 Å². The van der Waals surface area contributed by atoms with Crippen molar-refractivity contribution in [3.05, 3.63) is 87.5 Å². The normalized spacial score (nSPS) is 11.0. The Morgan fingerprint density at radius 3 is 2.56 bits per heavy atom. The number of hydrogen-bond acceptors (Lipinski definition) is 8. The number of esters is 1. The molecule has 0 unspecified atom stereocenters. The zero-order chi connectivity index (χ0) is 25.8. The number of aromatic hydroxyl groups is 1. The number of aromatic nitrogens is 1. The van der Waals surface area contributed by atoms with Crippen LogP contribution in [0.15, 0.2) is 65.1 Å². The summed E-state index contributed by atoms with van der Waals surface area (Å²) in [5, 5.41) is 23.4. The van der Waals surface area contributed by atoms with E-state index in [9.17, 15) is 24.8 Å². The van der Waals surface area contributed by atoms with E-state index in [1.165, 1.54) is 6.07 Å². The lowest BCUT2D eigenvalue weighted by atomic mass is 10.1. The molecule has 0 bridgehead atoms. The minimum absolute atomic E-state index is 0.00516. The predicted molar refractivity (Wildman–Crippen MR) is 130 cm³/mol. The third kappa shape index (κ3) is 5.33. The lowest BCUT2D eigenvalue weighted by molar-refractivity contribution is -0.385. The molecule has 36 heavy (non-hydrogen) atoms. The number of nitro benzene ring substituents is 1. The number of phenolic OH excluding ortho intramolecular Hbond substituents is 1. The standard InChI is InChI=1S/C26H23N3O7/c1-15(2)13-27-24(31)19-4-3-5-20-23(19)36-25(28-20)17-8-6-16(7-9-17)14-35-26(32)18-10-11-21(29(33)34)22(30)12-18/h3-12,15,30H,13-14H2,1-2H3,(H,27,31). The van der Waals surface area contributed by atoms with Gasteiger partial charge in [0.2, 0.25) is 5.89 Å². The number of amides is 1. The first kappa shape index (κ1) is 24.4. The first-order chi connectivity index (χ1) is 17.2. The van der Waals surface area contributed by atoms with Crippen molar-refractivity contribution in [1.29, 1.82) is 0 Å². The number of nitrogens with zero attached hydrogens (tertiary/aromatic N) is 2. The molecule has 3 aromatic carbocycles. The molecule has 0 aliphatic carbocycles. The highest BCUT2D eigenvalue weighted by Crippen LogP contribution is 2.28. The molecule has 4 rings (SSSR count). The Bertz CT molecular complexity index is 1440. The van der Waals surface area contributed by atoms with Gasteiger partial charge in [0.15, 0.2) is 11.3 Å². The fraction of sp³-hybridized carbons (Fsp3) is 0.192. The molecule has 0 saturated heterocycles. The van der Waals surface area contributed by atoms with Gasteiger partial charge in [0.1, 0.15) is 12.1 Å². The first-order valence-electron chi connectivity index (χ1n) is 11.1. The summed E-state index contributed by atoms with van der Waals surface area (Å²) in [4.78, 5) is 39.3. The maximum absolute atomic E-state index is 12.6. The molecule has 0 saturated carbocycles. The number of carbonyl (C=O) groups excluding carboxylic acids is 2. The molecule has 10 nitrogen and oxygen atoms in total. The van der Waals surface area contributed by atoms with Crippen LogP contribution in [0.1, 0.15) is 40.1 Å². The Labute approximate surface area is 205 Å². The van der Waals surface area contributed by atoms with Crippen molar-refractivity contribution in [2.24, 2.45) is 5.92 Å². The fourth-order valence-corrected chi connectivity index (χ4v) is 3.42. The number of carbonyl (C=O) groups is 2. The van der Waals surface area contributed by atoms with E-state index in [0.717, 1.165) is 12.1 Å². The predicted octanol–water partition coefficient (Wildman–Crippen LogP) is 4.85. The van der Waals surface area contributed by atoms with Crippen LogP contribution in [-0.2, 0) is 11.3 Å². The molecule has 184 valence electrons. The van der Waals surface area contributed by atoms with Crippen molar-refractivity contribution in [2.75, 3.05) is 6.54 Å². The van der Waals surface area contributed by atoms with Gasteiger partial charge in [-0.05, 0) is 41.8 Å². The van der Waals surface area contributed by atoms with Crippen molar-refractivity contribution in [2.45, 2.75) is 20.5 Å². The number of nitro groups is 1. The van der Waals surface area contributed by atoms with Crippen LogP contribution in [0.2, 0.25) is 0 Å². The Kier molecular flexibility index (Phi) is 6.95. The highest BCUT2D eigenvalue weighted by atomic mass is 16.6. The van der Waals surface area contributed by atoms with E-state index in [4.69, 9.17) is 9.15 Å². The van der Waals surface area contributed by atoms with Crippen molar-refractivity contribution in [1.82, 2.24) is 10.3 Å². The van der Waals surface area contributed by atoms with Gasteiger partial charge >= 0.3 is 11.7 Å². The summed E-state index contributed by atoms with van der Waals surface area (Å²) in [6, 6.07) is 15.4. The quantitative estimate of drug-likeness (QED) is 0.203. The molecule has 0 fully saturated rings. The van der Waals surface area contributed by atoms with Crippen LogP contribution in [0.3, 0.4) is 0 Å². The Balaban J connectivity index is 1.45. The highest BCUT2D eigenvalue weighted by Gasteiger charge is 2.18. The Morgan fingerprint density at radius 1 is 1.14 bits per heavy atom. The van der Waals surface area contributed by atoms with Gasteiger partial charge in [-0.3, -0.25) is 14.9 Å². The second-order valence-electron chi connectivity index (χ2n) is 8.51. The van der Waals surface area contributed by atoms with Gasteiger partial charge in [-0.1, -0.05) is 32.0 Å². The molecule has 10 heteroatoms. The highest BCUT2D eigenvalue weighted by molar-refractivity contribution is 6.04. The van der Waals surface area contributed by atoms with Crippen LogP contribution in [0, 0.1) is 16.0 Å². The molecule has 0 radical (unpaired) electrons. The number of ether oxygens (including phenoxy) is 1. The Morgan fingerprint density at radius 2 is 1.89 bits per heavy atom. The van der Waals surface area contributed by atoms with Gasteiger partial charge in [-0.2, -0.15) is 0 Å². The molecule has 0 aliphatic rings. The molecule has 4 aromatic rings. The fourth-order valence-electron chi connectivity index (χ4n) is 3.42. The van der Waals surface area contributed by atoms with Crippen LogP contribution in [0.25, 0.3) is 22.6 Å². The second-order valence-corrected chi connectivity index (χ2v) is 8.51. The molecule has 2 N–H and O–H groups in total. The van der Waals surface area contributed by atoms with E-state index in [0.29, 0.717) is 46.1 Å². The summed E-state index contributed by atoms with van der Waals surface area (Å²) < 4.78 is 11.2. The number of benzene rings is 3. The number of oxazole rings is 1. The smallest absolute Gasteiger partial charge is 0.338 e. The van der Waals surface area contributed by atoms with Gasteiger partial charge in [-0.15, -0.1) is 0 Å². The lowest BCUT2D eigenvalue weighted by Crippen LogP contribution is -2.27. The molecule has 1 heterocycles. The van der Waals surface area contributed by atoms with Gasteiger partial charge in [0.05, 0.1) is 16.1 Å². The van der Waals surface area contributed by atoms with E-state index in [2.05, 4.69) is 10.3 Å². The van der Waals surface area contributed by atoms with E-state index in [-0.39, 0.29) is 18.1 Å². The first-order valence-corrected chi connectivity index (χ1v) is 11.1. The zero-order valence-corrected chi connectivity index (χ0v) is 19.6. The lowest BCUT2D eigenvalue weighted by Gasteiger charge is -2.07. The van der Waals surface area contributed by atoms with E-state index in [1.807, 2.05) is 13.8 Å². The number of rotatable bonds is 8.